The van der Waals surface area contributed by atoms with Crippen molar-refractivity contribution in [3.63, 3.8) is 0 Å². The van der Waals surface area contributed by atoms with E-state index >= 15 is 0 Å². The summed E-state index contributed by atoms with van der Waals surface area (Å²) in [4.78, 5) is 9.97. The number of aryl methyl sites for hydroxylation is 2. The minimum absolute atomic E-state index is 0.268. The van der Waals surface area contributed by atoms with Gasteiger partial charge >= 0.3 is 0 Å². The standard InChI is InChI=1S/C21H31BrN4/c1-6-10-23-20-18-9-8-11-26(21(18)25(7-2)16(5)24-20)19-14(3)12-17(22)13-15(19)4/h12-13,21,23H,6-11H2,1-5H3. The molecule has 3 rings (SSSR count). The summed E-state index contributed by atoms with van der Waals surface area (Å²) in [6, 6.07) is 4.47. The molecule has 1 saturated heterocycles. The average Bonchev–Trinajstić information content (AvgIpc) is 2.59. The minimum Gasteiger partial charge on any atom is -0.370 e. The predicted octanol–water partition coefficient (Wildman–Crippen LogP) is 4.96. The third kappa shape index (κ3) is 3.51. The highest BCUT2D eigenvalue weighted by Gasteiger charge is 2.37. The minimum atomic E-state index is 0.268. The molecule has 1 atom stereocenters. The highest BCUT2D eigenvalue weighted by molar-refractivity contribution is 9.10. The molecule has 26 heavy (non-hydrogen) atoms. The van der Waals surface area contributed by atoms with Gasteiger partial charge in [0.25, 0.3) is 0 Å². The number of hydrogen-bond donors (Lipinski definition) is 1. The van der Waals surface area contributed by atoms with Crippen LogP contribution in [0.25, 0.3) is 0 Å². The van der Waals surface area contributed by atoms with E-state index < -0.39 is 0 Å². The number of benzene rings is 1. The third-order valence-electron chi connectivity index (χ3n) is 5.37. The lowest BCUT2D eigenvalue weighted by atomic mass is 9.95. The highest BCUT2D eigenvalue weighted by Crippen LogP contribution is 2.38. The number of anilines is 1. The Balaban J connectivity index is 2.09. The number of rotatable bonds is 5. The van der Waals surface area contributed by atoms with Crippen molar-refractivity contribution in [2.75, 3.05) is 24.5 Å². The van der Waals surface area contributed by atoms with Crippen LogP contribution in [0.5, 0.6) is 0 Å². The molecule has 2 aliphatic heterocycles. The second-order valence-electron chi connectivity index (χ2n) is 7.30. The molecular formula is C21H31BrN4. The molecule has 1 aromatic rings. The fraction of sp³-hybridized carbons (Fsp3) is 0.571. The first kappa shape index (κ1) is 19.3. The molecule has 1 fully saturated rings. The number of piperidine rings is 1. The van der Waals surface area contributed by atoms with Gasteiger partial charge in [0.05, 0.1) is 0 Å². The van der Waals surface area contributed by atoms with Crippen molar-refractivity contribution in [2.45, 2.75) is 60.0 Å². The monoisotopic (exact) mass is 418 g/mol. The Labute approximate surface area is 166 Å². The molecule has 5 heteroatoms. The Kier molecular flexibility index (Phi) is 5.96. The molecule has 2 aliphatic rings. The van der Waals surface area contributed by atoms with E-state index in [0.29, 0.717) is 0 Å². The van der Waals surface area contributed by atoms with Gasteiger partial charge in [0.1, 0.15) is 17.8 Å². The molecule has 4 nitrogen and oxygen atoms in total. The van der Waals surface area contributed by atoms with Gasteiger partial charge in [-0.25, -0.2) is 4.99 Å². The molecule has 0 radical (unpaired) electrons. The zero-order valence-corrected chi connectivity index (χ0v) is 18.3. The number of halogens is 1. The lowest BCUT2D eigenvalue weighted by Gasteiger charge is -2.49. The molecule has 1 aromatic carbocycles. The van der Waals surface area contributed by atoms with Crippen LogP contribution in [0, 0.1) is 13.8 Å². The predicted molar refractivity (Wildman–Crippen MR) is 115 cm³/mol. The van der Waals surface area contributed by atoms with Crippen molar-refractivity contribution >= 4 is 27.5 Å². The summed E-state index contributed by atoms with van der Waals surface area (Å²) in [5, 5.41) is 3.59. The maximum atomic E-state index is 4.92. The van der Waals surface area contributed by atoms with Crippen molar-refractivity contribution in [1.82, 2.24) is 10.2 Å². The molecule has 0 bridgehead atoms. The number of likely N-dealkylation sites (N-methyl/N-ethyl adjacent to an activating group) is 1. The second-order valence-corrected chi connectivity index (χ2v) is 8.22. The first-order valence-corrected chi connectivity index (χ1v) is 10.6. The molecule has 0 spiro atoms. The van der Waals surface area contributed by atoms with Crippen molar-refractivity contribution in [3.05, 3.63) is 39.1 Å². The van der Waals surface area contributed by atoms with E-state index in [1.165, 1.54) is 28.8 Å². The first-order valence-electron chi connectivity index (χ1n) is 9.80. The van der Waals surface area contributed by atoms with E-state index in [9.17, 15) is 0 Å². The van der Waals surface area contributed by atoms with Crippen LogP contribution in [-0.2, 0) is 0 Å². The Morgan fingerprint density at radius 2 is 1.88 bits per heavy atom. The molecule has 0 saturated carbocycles. The van der Waals surface area contributed by atoms with Crippen molar-refractivity contribution < 1.29 is 0 Å². The molecule has 1 N–H and O–H groups in total. The zero-order chi connectivity index (χ0) is 18.8. The normalized spacial score (nSPS) is 20.2. The van der Waals surface area contributed by atoms with E-state index in [1.54, 1.807) is 0 Å². The van der Waals surface area contributed by atoms with Crippen molar-refractivity contribution in [3.8, 4) is 0 Å². The van der Waals surface area contributed by atoms with E-state index in [2.05, 4.69) is 77.8 Å². The third-order valence-corrected chi connectivity index (χ3v) is 5.82. The van der Waals surface area contributed by atoms with Crippen molar-refractivity contribution in [2.24, 2.45) is 4.99 Å². The largest absolute Gasteiger partial charge is 0.370 e. The summed E-state index contributed by atoms with van der Waals surface area (Å²) in [7, 11) is 0. The molecular weight excluding hydrogens is 388 g/mol. The van der Waals surface area contributed by atoms with Gasteiger partial charge in [-0.3, -0.25) is 0 Å². The molecule has 2 heterocycles. The van der Waals surface area contributed by atoms with Crippen LogP contribution in [-0.4, -0.2) is 36.5 Å². The summed E-state index contributed by atoms with van der Waals surface area (Å²) in [6.45, 7) is 14.1. The summed E-state index contributed by atoms with van der Waals surface area (Å²) >= 11 is 3.65. The van der Waals surface area contributed by atoms with E-state index in [4.69, 9.17) is 4.99 Å². The van der Waals surface area contributed by atoms with Gasteiger partial charge in [0.2, 0.25) is 0 Å². The van der Waals surface area contributed by atoms with Crippen LogP contribution in [0.3, 0.4) is 0 Å². The van der Waals surface area contributed by atoms with Gasteiger partial charge < -0.3 is 15.1 Å². The maximum Gasteiger partial charge on any atom is 0.131 e. The quantitative estimate of drug-likeness (QED) is 0.732. The van der Waals surface area contributed by atoms with Crippen LogP contribution in [0.15, 0.2) is 33.0 Å². The Morgan fingerprint density at radius 3 is 2.50 bits per heavy atom. The zero-order valence-electron chi connectivity index (χ0n) is 16.7. The van der Waals surface area contributed by atoms with Gasteiger partial charge in [-0.15, -0.1) is 0 Å². The molecule has 0 amide bonds. The molecule has 0 aliphatic carbocycles. The van der Waals surface area contributed by atoms with E-state index in [1.807, 2.05) is 0 Å². The first-order chi connectivity index (χ1) is 12.5. The topological polar surface area (TPSA) is 30.9 Å². The summed E-state index contributed by atoms with van der Waals surface area (Å²) in [5.74, 6) is 2.22. The van der Waals surface area contributed by atoms with E-state index in [-0.39, 0.29) is 6.17 Å². The maximum absolute atomic E-state index is 4.92. The van der Waals surface area contributed by atoms with Gasteiger partial charge in [0.15, 0.2) is 0 Å². The van der Waals surface area contributed by atoms with Crippen LogP contribution in [0.1, 0.15) is 51.2 Å². The van der Waals surface area contributed by atoms with Gasteiger partial charge in [-0.2, -0.15) is 0 Å². The number of nitrogens with one attached hydrogen (secondary N) is 1. The smallest absolute Gasteiger partial charge is 0.131 e. The Morgan fingerprint density at radius 1 is 1.19 bits per heavy atom. The molecule has 1 unspecified atom stereocenters. The van der Waals surface area contributed by atoms with Crippen LogP contribution in [0.4, 0.5) is 5.69 Å². The highest BCUT2D eigenvalue weighted by atomic mass is 79.9. The Bertz CT molecular complexity index is 715. The van der Waals surface area contributed by atoms with Crippen LogP contribution >= 0.6 is 15.9 Å². The number of aliphatic imine (C=N–C) groups is 1. The van der Waals surface area contributed by atoms with Gasteiger partial charge in [-0.05, 0) is 70.2 Å². The second kappa shape index (κ2) is 8.03. The van der Waals surface area contributed by atoms with Crippen LogP contribution in [0.2, 0.25) is 0 Å². The van der Waals surface area contributed by atoms with Crippen molar-refractivity contribution in [1.29, 1.82) is 0 Å². The van der Waals surface area contributed by atoms with Gasteiger partial charge in [-0.1, -0.05) is 22.9 Å². The fourth-order valence-electron chi connectivity index (χ4n) is 4.34. The number of hydrogen-bond acceptors (Lipinski definition) is 4. The lowest BCUT2D eigenvalue weighted by molar-refractivity contribution is 0.307. The summed E-state index contributed by atoms with van der Waals surface area (Å²) < 4.78 is 1.16. The number of amidine groups is 1. The molecule has 142 valence electrons. The fourth-order valence-corrected chi connectivity index (χ4v) is 5.03. The van der Waals surface area contributed by atoms with Crippen LogP contribution < -0.4 is 10.2 Å². The number of fused-ring (bicyclic) bond motifs is 1. The van der Waals surface area contributed by atoms with Gasteiger partial charge in [0, 0.05) is 35.4 Å². The SMILES string of the molecule is CCCNC1=C2CCCN(c3c(C)cc(Br)cc3C)C2N(CC)C(C)=N1. The summed E-state index contributed by atoms with van der Waals surface area (Å²) in [5.41, 5.74) is 5.48. The Hall–Kier alpha value is -1.49. The van der Waals surface area contributed by atoms with E-state index in [0.717, 1.165) is 48.6 Å². The lowest BCUT2D eigenvalue weighted by Crippen LogP contribution is -2.56. The summed E-state index contributed by atoms with van der Waals surface area (Å²) in [6.07, 6.45) is 3.67. The number of nitrogens with zero attached hydrogens (tertiary/aromatic N) is 3. The average molecular weight is 419 g/mol. The molecule has 0 aromatic heterocycles.